The maximum absolute atomic E-state index is 6.34. The van der Waals surface area contributed by atoms with Gasteiger partial charge in [-0.05, 0) is 58.8 Å². The van der Waals surface area contributed by atoms with E-state index in [1.165, 1.54) is 96.3 Å². The van der Waals surface area contributed by atoms with Gasteiger partial charge in [-0.2, -0.15) is 0 Å². The molecule has 0 bridgehead atoms. The van der Waals surface area contributed by atoms with Crippen LogP contribution in [0.1, 0.15) is 143 Å². The largest absolute Gasteiger partial charge is 0.380 e. The fraction of sp³-hybridized carbons (Fsp3) is 0.871. The highest BCUT2D eigenvalue weighted by molar-refractivity contribution is 4.92. The molecule has 34 heavy (non-hydrogen) atoms. The Morgan fingerprint density at radius 1 is 0.618 bits per heavy atom. The van der Waals surface area contributed by atoms with Crippen molar-refractivity contribution in [1.29, 1.82) is 0 Å². The van der Waals surface area contributed by atoms with E-state index in [1.54, 1.807) is 0 Å². The molecule has 1 atom stereocenters. The van der Waals surface area contributed by atoms with Crippen LogP contribution in [-0.4, -0.2) is 31.5 Å². The van der Waals surface area contributed by atoms with Crippen LogP contribution in [0.25, 0.3) is 0 Å². The van der Waals surface area contributed by atoms with E-state index in [4.69, 9.17) is 15.2 Å². The molecule has 0 aliphatic carbocycles. The molecule has 0 aromatic rings. The molecule has 0 amide bonds. The lowest BCUT2D eigenvalue weighted by Crippen LogP contribution is -2.48. The van der Waals surface area contributed by atoms with Gasteiger partial charge in [-0.1, -0.05) is 109 Å². The molecule has 3 nitrogen and oxygen atoms in total. The molecule has 0 fully saturated rings. The normalized spacial score (nSPS) is 13.4. The summed E-state index contributed by atoms with van der Waals surface area (Å²) in [6.45, 7) is 10.9. The predicted octanol–water partition coefficient (Wildman–Crippen LogP) is 9.30. The lowest BCUT2D eigenvalue weighted by Gasteiger charge is -2.31. The second kappa shape index (κ2) is 25.5. The summed E-state index contributed by atoms with van der Waals surface area (Å²) in [6, 6.07) is -0.0720. The van der Waals surface area contributed by atoms with E-state index in [1.807, 2.05) is 0 Å². The first-order valence-corrected chi connectivity index (χ1v) is 14.8. The Hall–Kier alpha value is -0.640. The molecule has 0 saturated carbocycles. The van der Waals surface area contributed by atoms with Gasteiger partial charge < -0.3 is 15.2 Å². The van der Waals surface area contributed by atoms with Crippen LogP contribution in [0, 0.1) is 0 Å². The summed E-state index contributed by atoms with van der Waals surface area (Å²) >= 11 is 0. The van der Waals surface area contributed by atoms with Crippen molar-refractivity contribution in [2.45, 2.75) is 155 Å². The van der Waals surface area contributed by atoms with Gasteiger partial charge in [0, 0.05) is 13.2 Å². The van der Waals surface area contributed by atoms with Crippen LogP contribution in [0.2, 0.25) is 0 Å². The molecule has 2 N–H and O–H groups in total. The van der Waals surface area contributed by atoms with E-state index in [-0.39, 0.29) is 11.6 Å². The lowest BCUT2D eigenvalue weighted by molar-refractivity contribution is -0.0566. The number of unbranched alkanes of at least 4 members (excludes halogenated alkanes) is 14. The van der Waals surface area contributed by atoms with E-state index in [0.29, 0.717) is 6.61 Å². The van der Waals surface area contributed by atoms with Crippen LogP contribution in [0.15, 0.2) is 24.3 Å². The summed E-state index contributed by atoms with van der Waals surface area (Å²) in [6.07, 6.45) is 32.3. The zero-order valence-corrected chi connectivity index (χ0v) is 23.6. The van der Waals surface area contributed by atoms with Gasteiger partial charge in [0.2, 0.25) is 0 Å². The summed E-state index contributed by atoms with van der Waals surface area (Å²) in [5, 5.41) is 0. The second-order valence-electron chi connectivity index (χ2n) is 10.5. The van der Waals surface area contributed by atoms with Crippen LogP contribution in [0.5, 0.6) is 0 Å². The van der Waals surface area contributed by atoms with E-state index < -0.39 is 0 Å². The molecule has 0 saturated heterocycles. The highest BCUT2D eigenvalue weighted by Gasteiger charge is 2.27. The summed E-state index contributed by atoms with van der Waals surface area (Å²) in [5.41, 5.74) is 6.02. The average Bonchev–Trinajstić information content (AvgIpc) is 2.82. The number of hydrogen-bond donors (Lipinski definition) is 1. The van der Waals surface area contributed by atoms with Gasteiger partial charge in [-0.15, -0.1) is 0 Å². The van der Waals surface area contributed by atoms with Crippen LogP contribution >= 0.6 is 0 Å². The SMILES string of the molecule is CCCCCC=CCC=CCCCCCCCCOC(C)(C)C(N)COCCCCCCCC. The molecule has 0 radical (unpaired) electrons. The standard InChI is InChI=1S/C31H61NO2/c1-5-7-9-11-13-14-15-16-17-18-19-20-21-22-24-26-28-34-31(3,4)30(32)29-33-27-25-23-12-10-8-6-2/h13-14,16-17,30H,5-12,15,18-29,32H2,1-4H3. The van der Waals surface area contributed by atoms with Crippen molar-refractivity contribution in [3.63, 3.8) is 0 Å². The smallest absolute Gasteiger partial charge is 0.0799 e. The van der Waals surface area contributed by atoms with Gasteiger partial charge in [0.15, 0.2) is 0 Å². The summed E-state index contributed by atoms with van der Waals surface area (Å²) < 4.78 is 11.9. The van der Waals surface area contributed by atoms with Crippen LogP contribution in [0.3, 0.4) is 0 Å². The highest BCUT2D eigenvalue weighted by atomic mass is 16.5. The van der Waals surface area contributed by atoms with Crippen molar-refractivity contribution in [1.82, 2.24) is 0 Å². The molecule has 0 aliphatic heterocycles. The van der Waals surface area contributed by atoms with Crippen molar-refractivity contribution >= 4 is 0 Å². The van der Waals surface area contributed by atoms with Gasteiger partial charge in [0.05, 0.1) is 18.2 Å². The van der Waals surface area contributed by atoms with Crippen LogP contribution in [0.4, 0.5) is 0 Å². The third kappa shape index (κ3) is 23.1. The van der Waals surface area contributed by atoms with Gasteiger partial charge in [-0.25, -0.2) is 0 Å². The Balaban J connectivity index is 3.50. The number of allylic oxidation sites excluding steroid dienone is 4. The number of ether oxygens (including phenoxy) is 2. The molecule has 0 rings (SSSR count). The van der Waals surface area contributed by atoms with E-state index >= 15 is 0 Å². The Morgan fingerprint density at radius 2 is 1.09 bits per heavy atom. The molecule has 0 heterocycles. The Labute approximate surface area is 214 Å². The molecular weight excluding hydrogens is 418 g/mol. The molecule has 0 spiro atoms. The van der Waals surface area contributed by atoms with Crippen molar-refractivity contribution in [2.75, 3.05) is 19.8 Å². The fourth-order valence-corrected chi connectivity index (χ4v) is 3.93. The summed E-state index contributed by atoms with van der Waals surface area (Å²) in [4.78, 5) is 0. The van der Waals surface area contributed by atoms with Crippen molar-refractivity contribution in [2.24, 2.45) is 5.73 Å². The van der Waals surface area contributed by atoms with E-state index in [2.05, 4.69) is 52.0 Å². The number of rotatable bonds is 26. The average molecular weight is 480 g/mol. The zero-order chi connectivity index (χ0) is 25.2. The van der Waals surface area contributed by atoms with Crippen molar-refractivity contribution < 1.29 is 9.47 Å². The Kier molecular flexibility index (Phi) is 25.0. The van der Waals surface area contributed by atoms with Gasteiger partial charge >= 0.3 is 0 Å². The van der Waals surface area contributed by atoms with E-state index in [9.17, 15) is 0 Å². The molecule has 0 aromatic carbocycles. The highest BCUT2D eigenvalue weighted by Crippen LogP contribution is 2.16. The van der Waals surface area contributed by atoms with E-state index in [0.717, 1.165) is 32.5 Å². The minimum absolute atomic E-state index is 0.0720. The maximum Gasteiger partial charge on any atom is 0.0799 e. The fourth-order valence-electron chi connectivity index (χ4n) is 3.93. The second-order valence-corrected chi connectivity index (χ2v) is 10.5. The Morgan fingerprint density at radius 3 is 1.71 bits per heavy atom. The van der Waals surface area contributed by atoms with Gasteiger partial charge in [-0.3, -0.25) is 0 Å². The number of hydrogen-bond acceptors (Lipinski definition) is 3. The number of nitrogens with two attached hydrogens (primary N) is 1. The lowest BCUT2D eigenvalue weighted by atomic mass is 10.00. The van der Waals surface area contributed by atoms with Crippen molar-refractivity contribution in [3.05, 3.63) is 24.3 Å². The molecule has 1 unspecified atom stereocenters. The molecular formula is C31H61NO2. The minimum atomic E-state index is -0.321. The monoisotopic (exact) mass is 479 g/mol. The predicted molar refractivity (Wildman–Crippen MR) is 152 cm³/mol. The third-order valence-corrected chi connectivity index (χ3v) is 6.65. The minimum Gasteiger partial charge on any atom is -0.380 e. The molecule has 0 aliphatic rings. The summed E-state index contributed by atoms with van der Waals surface area (Å²) in [7, 11) is 0. The van der Waals surface area contributed by atoms with Crippen LogP contribution < -0.4 is 5.73 Å². The third-order valence-electron chi connectivity index (χ3n) is 6.65. The van der Waals surface area contributed by atoms with Gasteiger partial charge in [0.1, 0.15) is 0 Å². The summed E-state index contributed by atoms with van der Waals surface area (Å²) in [5.74, 6) is 0. The topological polar surface area (TPSA) is 44.5 Å². The molecule has 202 valence electrons. The van der Waals surface area contributed by atoms with Crippen LogP contribution in [-0.2, 0) is 9.47 Å². The Bertz CT molecular complexity index is 458. The zero-order valence-electron chi connectivity index (χ0n) is 23.6. The maximum atomic E-state index is 6.34. The first kappa shape index (κ1) is 33.4. The van der Waals surface area contributed by atoms with Gasteiger partial charge in [0.25, 0.3) is 0 Å². The molecule has 0 aromatic heterocycles. The van der Waals surface area contributed by atoms with Crippen molar-refractivity contribution in [3.8, 4) is 0 Å². The quantitative estimate of drug-likeness (QED) is 0.0992. The molecule has 3 heteroatoms. The first-order valence-electron chi connectivity index (χ1n) is 14.8. The first-order chi connectivity index (χ1) is 16.5.